The Hall–Kier alpha value is -4.25. The number of rotatable bonds is 11. The Labute approximate surface area is 211 Å². The van der Waals surface area contributed by atoms with E-state index in [1.807, 2.05) is 12.1 Å². The number of allylic oxidation sites excluding steroid dienone is 1. The minimum Gasteiger partial charge on any atom is -0.487 e. The molecule has 190 valence electrons. The number of ketones is 1. The highest BCUT2D eigenvalue weighted by Crippen LogP contribution is 2.30. The van der Waals surface area contributed by atoms with Gasteiger partial charge in [-0.15, -0.1) is 5.10 Å². The molecule has 1 atom stereocenters. The number of aromatic nitrogens is 6. The van der Waals surface area contributed by atoms with Gasteiger partial charge in [0.25, 0.3) is 0 Å². The second-order valence-corrected chi connectivity index (χ2v) is 9.02. The number of nitrogens with zero attached hydrogens (tertiary/aromatic N) is 6. The van der Waals surface area contributed by atoms with Gasteiger partial charge in [-0.1, -0.05) is 29.5 Å². The van der Waals surface area contributed by atoms with Crippen LogP contribution in [0.1, 0.15) is 29.7 Å². The van der Waals surface area contributed by atoms with E-state index in [0.717, 1.165) is 24.5 Å². The third-order valence-electron chi connectivity index (χ3n) is 6.02. The minimum absolute atomic E-state index is 0.106. The molecule has 0 amide bonds. The van der Waals surface area contributed by atoms with E-state index in [4.69, 9.17) is 4.74 Å². The Kier molecular flexibility index (Phi) is 6.87. The fraction of sp³-hybridized carbons (Fsp3) is 0.269. The third-order valence-corrected chi connectivity index (χ3v) is 6.02. The maximum Gasteiger partial charge on any atom is 0.158 e. The van der Waals surface area contributed by atoms with E-state index in [1.54, 1.807) is 30.5 Å². The molecule has 37 heavy (non-hydrogen) atoms. The summed E-state index contributed by atoms with van der Waals surface area (Å²) in [6, 6.07) is 10.3. The summed E-state index contributed by atoms with van der Waals surface area (Å²) in [6.07, 6.45) is 9.63. The van der Waals surface area contributed by atoms with Gasteiger partial charge in [-0.2, -0.15) is 5.10 Å². The number of carbonyl (C=O) groups excluding carboxylic acids is 1. The van der Waals surface area contributed by atoms with E-state index in [1.165, 1.54) is 28.1 Å². The second-order valence-electron chi connectivity index (χ2n) is 9.02. The number of hydrogen-bond donors (Lipinski definition) is 1. The topological polar surface area (TPSA) is 108 Å². The van der Waals surface area contributed by atoms with Crippen molar-refractivity contribution in [3.8, 4) is 5.75 Å². The molecule has 5 rings (SSSR count). The quantitative estimate of drug-likeness (QED) is 0.311. The van der Waals surface area contributed by atoms with E-state index in [0.29, 0.717) is 17.5 Å². The Morgan fingerprint density at radius 2 is 1.92 bits per heavy atom. The Balaban J connectivity index is 1.24. The lowest BCUT2D eigenvalue weighted by atomic mass is 9.93. The number of aliphatic hydroxyl groups is 1. The molecule has 0 spiro atoms. The summed E-state index contributed by atoms with van der Waals surface area (Å²) in [5.41, 5.74) is -0.541. The molecule has 1 fully saturated rings. The van der Waals surface area contributed by atoms with Gasteiger partial charge in [0.05, 0.1) is 19.3 Å². The SMILES string of the molecule is O=C(C=Cc1ccc(OCc2cn(CC(O)(Cn3cncn3)c3ccc(F)cc3F)nn2)cc1)C1CC1. The molecule has 4 aromatic rings. The van der Waals surface area contributed by atoms with Crippen LogP contribution in [0.3, 0.4) is 0 Å². The molecule has 1 unspecified atom stereocenters. The van der Waals surface area contributed by atoms with Crippen molar-refractivity contribution in [1.29, 1.82) is 0 Å². The molecule has 1 N–H and O–H groups in total. The zero-order valence-electron chi connectivity index (χ0n) is 19.7. The van der Waals surface area contributed by atoms with Gasteiger partial charge < -0.3 is 9.84 Å². The smallest absolute Gasteiger partial charge is 0.158 e. The van der Waals surface area contributed by atoms with Gasteiger partial charge >= 0.3 is 0 Å². The highest BCUT2D eigenvalue weighted by Gasteiger charge is 2.35. The molecule has 2 heterocycles. The van der Waals surface area contributed by atoms with Crippen LogP contribution in [0, 0.1) is 17.6 Å². The van der Waals surface area contributed by atoms with E-state index in [9.17, 15) is 18.7 Å². The van der Waals surface area contributed by atoms with Crippen LogP contribution in [-0.4, -0.2) is 40.6 Å². The standard InChI is InChI=1S/C26H24F2N6O3/c27-20-6-9-23(24(28)11-20)26(36,15-34-17-29-16-30-34)14-33-12-21(31-32-33)13-37-22-7-1-18(2-8-22)3-10-25(35)19-4-5-19/h1-3,6-12,16-17,19,36H,4-5,13-15H2. The first-order valence-corrected chi connectivity index (χ1v) is 11.7. The summed E-state index contributed by atoms with van der Waals surface area (Å²) >= 11 is 0. The van der Waals surface area contributed by atoms with Gasteiger partial charge in [-0.3, -0.25) is 4.79 Å². The van der Waals surface area contributed by atoms with Crippen molar-refractivity contribution >= 4 is 11.9 Å². The van der Waals surface area contributed by atoms with Crippen LogP contribution >= 0.6 is 0 Å². The largest absolute Gasteiger partial charge is 0.487 e. The minimum atomic E-state index is -1.82. The summed E-state index contributed by atoms with van der Waals surface area (Å²) < 4.78 is 36.6. The van der Waals surface area contributed by atoms with E-state index in [2.05, 4.69) is 20.4 Å². The summed E-state index contributed by atoms with van der Waals surface area (Å²) in [5, 5.41) is 23.5. The van der Waals surface area contributed by atoms with Crippen molar-refractivity contribution < 1.29 is 23.4 Å². The molecule has 9 nitrogen and oxygen atoms in total. The molecule has 0 aliphatic heterocycles. The van der Waals surface area contributed by atoms with Crippen molar-refractivity contribution in [2.45, 2.75) is 38.1 Å². The summed E-state index contributed by atoms with van der Waals surface area (Å²) in [6.45, 7) is -0.209. The Bertz CT molecular complexity index is 1400. The zero-order valence-corrected chi connectivity index (χ0v) is 19.7. The zero-order chi connectivity index (χ0) is 25.8. The van der Waals surface area contributed by atoms with Gasteiger partial charge in [0.1, 0.15) is 47.9 Å². The number of carbonyl (C=O) groups is 1. The van der Waals surface area contributed by atoms with Crippen LogP contribution in [0.25, 0.3) is 6.08 Å². The molecule has 1 saturated carbocycles. The third kappa shape index (κ3) is 6.12. The maximum absolute atomic E-state index is 14.6. The summed E-state index contributed by atoms with van der Waals surface area (Å²) in [7, 11) is 0. The molecule has 1 aliphatic carbocycles. The Morgan fingerprint density at radius 3 is 2.62 bits per heavy atom. The van der Waals surface area contributed by atoms with Gasteiger partial charge in [0.15, 0.2) is 5.78 Å². The number of halogens is 2. The summed E-state index contributed by atoms with van der Waals surface area (Å²) in [5.74, 6) is -0.669. The van der Waals surface area contributed by atoms with Gasteiger partial charge in [-0.05, 0) is 42.7 Å². The van der Waals surface area contributed by atoms with Crippen molar-refractivity contribution in [2.24, 2.45) is 5.92 Å². The van der Waals surface area contributed by atoms with Gasteiger partial charge in [0, 0.05) is 17.5 Å². The first-order valence-electron chi connectivity index (χ1n) is 11.7. The molecule has 1 aliphatic rings. The van der Waals surface area contributed by atoms with E-state index >= 15 is 0 Å². The van der Waals surface area contributed by atoms with E-state index in [-0.39, 0.29) is 37.0 Å². The van der Waals surface area contributed by atoms with Crippen molar-refractivity contribution in [2.75, 3.05) is 0 Å². The monoisotopic (exact) mass is 506 g/mol. The van der Waals surface area contributed by atoms with E-state index < -0.39 is 17.2 Å². The highest BCUT2D eigenvalue weighted by molar-refractivity contribution is 5.96. The Morgan fingerprint density at radius 1 is 1.14 bits per heavy atom. The second kappa shape index (κ2) is 10.4. The lowest BCUT2D eigenvalue weighted by Gasteiger charge is -2.28. The predicted molar refractivity (Wildman–Crippen MR) is 128 cm³/mol. The lowest BCUT2D eigenvalue weighted by molar-refractivity contribution is -0.115. The average molecular weight is 507 g/mol. The van der Waals surface area contributed by atoms with Crippen molar-refractivity contribution in [1.82, 2.24) is 29.8 Å². The lowest BCUT2D eigenvalue weighted by Crippen LogP contribution is -2.37. The molecule has 0 radical (unpaired) electrons. The molecule has 11 heteroatoms. The van der Waals surface area contributed by atoms with Crippen molar-refractivity contribution in [3.05, 3.63) is 95.8 Å². The van der Waals surface area contributed by atoms with Crippen molar-refractivity contribution in [3.63, 3.8) is 0 Å². The first kappa shape index (κ1) is 24.4. The van der Waals surface area contributed by atoms with Crippen LogP contribution in [0.15, 0.2) is 67.4 Å². The number of hydrogen-bond acceptors (Lipinski definition) is 7. The fourth-order valence-electron chi connectivity index (χ4n) is 3.93. The van der Waals surface area contributed by atoms with Crippen LogP contribution in [0.2, 0.25) is 0 Å². The molecule has 2 aromatic carbocycles. The van der Waals surface area contributed by atoms with Gasteiger partial charge in [-0.25, -0.2) is 23.1 Å². The van der Waals surface area contributed by atoms with Gasteiger partial charge in [0.2, 0.25) is 0 Å². The normalized spacial score (nSPS) is 15.1. The fourth-order valence-corrected chi connectivity index (χ4v) is 3.93. The molecule has 0 saturated heterocycles. The maximum atomic E-state index is 14.6. The number of ether oxygens (including phenoxy) is 1. The molecule has 0 bridgehead atoms. The first-order chi connectivity index (χ1) is 17.9. The molecular weight excluding hydrogens is 482 g/mol. The van der Waals surface area contributed by atoms with Crippen LogP contribution in [0.4, 0.5) is 8.78 Å². The molecule has 2 aromatic heterocycles. The van der Waals surface area contributed by atoms with Crippen LogP contribution in [0.5, 0.6) is 5.75 Å². The number of benzene rings is 2. The molecular formula is C26H24F2N6O3. The highest BCUT2D eigenvalue weighted by atomic mass is 19.1. The van der Waals surface area contributed by atoms with Crippen LogP contribution in [-0.2, 0) is 30.1 Å². The van der Waals surface area contributed by atoms with Crippen LogP contribution < -0.4 is 4.74 Å². The predicted octanol–water partition coefficient (Wildman–Crippen LogP) is 3.31. The average Bonchev–Trinajstić information content (AvgIpc) is 3.44. The summed E-state index contributed by atoms with van der Waals surface area (Å²) in [4.78, 5) is 15.7.